The summed E-state index contributed by atoms with van der Waals surface area (Å²) in [4.78, 5) is 16.6. The molecule has 0 bridgehead atoms. The third-order valence-corrected chi connectivity index (χ3v) is 4.92. The molecule has 2 aromatic rings. The topological polar surface area (TPSA) is 68.0 Å². The van der Waals surface area contributed by atoms with Crippen LogP contribution in [0.1, 0.15) is 19.3 Å². The number of aromatic nitrogens is 1. The molecule has 1 aromatic heterocycles. The molecule has 0 radical (unpaired) electrons. The molecule has 1 fully saturated rings. The van der Waals surface area contributed by atoms with Crippen LogP contribution in [0.4, 0.5) is 5.13 Å². The standard InChI is InChI=1S/C13H14ClN3OS/c14-8-2-3-9-10(6-8)19-12(16-9)17-11(18)13(7-15)4-1-5-13/h2-3,6H,1,4-5,7,15H2,(H,16,17,18). The van der Waals surface area contributed by atoms with Gasteiger partial charge in [0.05, 0.1) is 15.6 Å². The van der Waals surface area contributed by atoms with E-state index in [4.69, 9.17) is 17.3 Å². The minimum absolute atomic E-state index is 0.00796. The number of hydrogen-bond acceptors (Lipinski definition) is 4. The van der Waals surface area contributed by atoms with Crippen LogP contribution in [-0.4, -0.2) is 17.4 Å². The van der Waals surface area contributed by atoms with Crippen molar-refractivity contribution in [1.82, 2.24) is 4.98 Å². The number of amides is 1. The summed E-state index contributed by atoms with van der Waals surface area (Å²) in [5.41, 5.74) is 6.19. The third-order valence-electron chi connectivity index (χ3n) is 3.75. The minimum Gasteiger partial charge on any atom is -0.329 e. The first-order chi connectivity index (χ1) is 9.13. The van der Waals surface area contributed by atoms with Crippen molar-refractivity contribution in [2.75, 3.05) is 11.9 Å². The predicted octanol–water partition coefficient (Wildman–Crippen LogP) is 3.02. The summed E-state index contributed by atoms with van der Waals surface area (Å²) in [7, 11) is 0. The summed E-state index contributed by atoms with van der Waals surface area (Å²) in [6.07, 6.45) is 2.80. The van der Waals surface area contributed by atoms with Gasteiger partial charge in [0.25, 0.3) is 0 Å². The molecule has 1 aliphatic carbocycles. The van der Waals surface area contributed by atoms with Crippen molar-refractivity contribution in [3.63, 3.8) is 0 Å². The fraction of sp³-hybridized carbons (Fsp3) is 0.385. The quantitative estimate of drug-likeness (QED) is 0.914. The van der Waals surface area contributed by atoms with Gasteiger partial charge in [0.15, 0.2) is 5.13 Å². The van der Waals surface area contributed by atoms with Crippen LogP contribution in [0.2, 0.25) is 5.02 Å². The SMILES string of the molecule is NCC1(C(=O)Nc2nc3ccc(Cl)cc3s2)CCC1. The van der Waals surface area contributed by atoms with E-state index in [1.807, 2.05) is 12.1 Å². The Kier molecular flexibility index (Phi) is 3.20. The van der Waals surface area contributed by atoms with Gasteiger partial charge in [0, 0.05) is 11.6 Å². The second-order valence-electron chi connectivity index (χ2n) is 4.92. The molecule has 19 heavy (non-hydrogen) atoms. The van der Waals surface area contributed by atoms with E-state index in [0.717, 1.165) is 29.5 Å². The first-order valence-electron chi connectivity index (χ1n) is 6.21. The van der Waals surface area contributed by atoms with Gasteiger partial charge >= 0.3 is 0 Å². The zero-order chi connectivity index (χ0) is 13.5. The van der Waals surface area contributed by atoms with Gasteiger partial charge < -0.3 is 11.1 Å². The molecule has 0 saturated heterocycles. The monoisotopic (exact) mass is 295 g/mol. The van der Waals surface area contributed by atoms with Crippen LogP contribution in [0.5, 0.6) is 0 Å². The van der Waals surface area contributed by atoms with Gasteiger partial charge in [-0.3, -0.25) is 4.79 Å². The fourth-order valence-corrected chi connectivity index (χ4v) is 3.45. The first-order valence-corrected chi connectivity index (χ1v) is 7.40. The Labute approximate surface area is 120 Å². The third kappa shape index (κ3) is 2.22. The van der Waals surface area contributed by atoms with E-state index in [9.17, 15) is 4.79 Å². The van der Waals surface area contributed by atoms with Gasteiger partial charge in [-0.25, -0.2) is 4.98 Å². The lowest BCUT2D eigenvalue weighted by molar-refractivity contribution is -0.129. The number of carbonyl (C=O) groups excluding carboxylic acids is 1. The largest absolute Gasteiger partial charge is 0.329 e. The number of fused-ring (bicyclic) bond motifs is 1. The number of nitrogens with two attached hydrogens (primary N) is 1. The summed E-state index contributed by atoms with van der Waals surface area (Å²) in [5.74, 6) is -0.00796. The number of thiazole rings is 1. The number of nitrogens with zero attached hydrogens (tertiary/aromatic N) is 1. The van der Waals surface area contributed by atoms with Crippen LogP contribution in [0.15, 0.2) is 18.2 Å². The van der Waals surface area contributed by atoms with Crippen molar-refractivity contribution in [1.29, 1.82) is 0 Å². The molecule has 0 aliphatic heterocycles. The molecule has 1 aliphatic rings. The molecule has 1 heterocycles. The van der Waals surface area contributed by atoms with E-state index in [1.165, 1.54) is 11.3 Å². The Morgan fingerprint density at radius 3 is 2.95 bits per heavy atom. The highest BCUT2D eigenvalue weighted by molar-refractivity contribution is 7.22. The molecule has 1 amide bonds. The highest BCUT2D eigenvalue weighted by Gasteiger charge is 2.43. The Bertz CT molecular complexity index is 630. The van der Waals surface area contributed by atoms with E-state index in [-0.39, 0.29) is 11.3 Å². The molecule has 0 atom stereocenters. The molecule has 3 N–H and O–H groups in total. The molecular weight excluding hydrogens is 282 g/mol. The van der Waals surface area contributed by atoms with E-state index in [2.05, 4.69) is 10.3 Å². The number of nitrogens with one attached hydrogen (secondary N) is 1. The summed E-state index contributed by atoms with van der Waals surface area (Å²) in [5, 5.41) is 4.18. The highest BCUT2D eigenvalue weighted by atomic mass is 35.5. The number of anilines is 1. The number of carbonyl (C=O) groups is 1. The predicted molar refractivity (Wildman–Crippen MR) is 78.6 cm³/mol. The fourth-order valence-electron chi connectivity index (χ4n) is 2.31. The van der Waals surface area contributed by atoms with Crippen molar-refractivity contribution in [3.8, 4) is 0 Å². The van der Waals surface area contributed by atoms with Crippen molar-refractivity contribution < 1.29 is 4.79 Å². The van der Waals surface area contributed by atoms with Crippen LogP contribution in [0.25, 0.3) is 10.2 Å². The molecule has 0 unspecified atom stereocenters. The Balaban J connectivity index is 1.83. The van der Waals surface area contributed by atoms with Gasteiger partial charge in [-0.05, 0) is 31.0 Å². The number of halogens is 1. The van der Waals surface area contributed by atoms with Crippen LogP contribution >= 0.6 is 22.9 Å². The Morgan fingerprint density at radius 1 is 1.53 bits per heavy atom. The maximum atomic E-state index is 12.2. The normalized spacial score (nSPS) is 17.2. The van der Waals surface area contributed by atoms with Crippen molar-refractivity contribution in [2.24, 2.45) is 11.1 Å². The lowest BCUT2D eigenvalue weighted by Gasteiger charge is -2.38. The van der Waals surface area contributed by atoms with E-state index < -0.39 is 0 Å². The van der Waals surface area contributed by atoms with Gasteiger partial charge in [0.2, 0.25) is 5.91 Å². The zero-order valence-electron chi connectivity index (χ0n) is 10.3. The smallest absolute Gasteiger partial charge is 0.233 e. The van der Waals surface area contributed by atoms with Crippen LogP contribution in [0.3, 0.4) is 0 Å². The molecule has 1 aromatic carbocycles. The maximum absolute atomic E-state index is 12.2. The second-order valence-corrected chi connectivity index (χ2v) is 6.39. The molecular formula is C13H14ClN3OS. The van der Waals surface area contributed by atoms with Gasteiger partial charge in [0.1, 0.15) is 0 Å². The Hall–Kier alpha value is -1.17. The molecule has 100 valence electrons. The van der Waals surface area contributed by atoms with E-state index in [0.29, 0.717) is 16.7 Å². The average Bonchev–Trinajstić information content (AvgIpc) is 2.69. The lowest BCUT2D eigenvalue weighted by atomic mass is 9.68. The van der Waals surface area contributed by atoms with E-state index >= 15 is 0 Å². The maximum Gasteiger partial charge on any atom is 0.233 e. The highest BCUT2D eigenvalue weighted by Crippen LogP contribution is 2.41. The molecule has 0 spiro atoms. The van der Waals surface area contributed by atoms with Crippen molar-refractivity contribution >= 4 is 44.2 Å². The lowest BCUT2D eigenvalue weighted by Crippen LogP contribution is -2.47. The molecule has 4 nitrogen and oxygen atoms in total. The zero-order valence-corrected chi connectivity index (χ0v) is 11.9. The number of rotatable bonds is 3. The molecule has 1 saturated carbocycles. The van der Waals surface area contributed by atoms with Crippen molar-refractivity contribution in [2.45, 2.75) is 19.3 Å². The van der Waals surface area contributed by atoms with Crippen LogP contribution in [0, 0.1) is 5.41 Å². The number of hydrogen-bond donors (Lipinski definition) is 2. The first kappa shape index (κ1) is 12.8. The summed E-state index contributed by atoms with van der Waals surface area (Å²) in [6, 6.07) is 5.50. The van der Waals surface area contributed by atoms with E-state index in [1.54, 1.807) is 6.07 Å². The summed E-state index contributed by atoms with van der Waals surface area (Å²) in [6.45, 7) is 0.398. The van der Waals surface area contributed by atoms with Crippen molar-refractivity contribution in [3.05, 3.63) is 23.2 Å². The van der Waals surface area contributed by atoms with Gasteiger partial charge in [-0.1, -0.05) is 29.4 Å². The summed E-state index contributed by atoms with van der Waals surface area (Å²) < 4.78 is 0.971. The van der Waals surface area contributed by atoms with Crippen LogP contribution in [-0.2, 0) is 4.79 Å². The second kappa shape index (κ2) is 4.74. The van der Waals surface area contributed by atoms with Gasteiger partial charge in [-0.15, -0.1) is 0 Å². The summed E-state index contributed by atoms with van der Waals surface area (Å²) >= 11 is 7.37. The minimum atomic E-state index is -0.379. The van der Waals surface area contributed by atoms with Gasteiger partial charge in [-0.2, -0.15) is 0 Å². The van der Waals surface area contributed by atoms with Crippen LogP contribution < -0.4 is 11.1 Å². The Morgan fingerprint density at radius 2 is 2.32 bits per heavy atom. The number of benzene rings is 1. The molecule has 6 heteroatoms. The molecule has 3 rings (SSSR count). The average molecular weight is 296 g/mol.